The predicted octanol–water partition coefficient (Wildman–Crippen LogP) is 0.660. The average molecular weight is 360 g/mol. The lowest BCUT2D eigenvalue weighted by atomic mass is 10.5. The summed E-state index contributed by atoms with van der Waals surface area (Å²) in [5, 5.41) is 5.22. The number of thioether (sulfide) groups is 1. The first kappa shape index (κ1) is 19.4. The Balaban J connectivity index is 2.53. The molecule has 10 heteroatoms. The topological polar surface area (TPSA) is 108 Å². The van der Waals surface area contributed by atoms with E-state index in [9.17, 15) is 18.0 Å². The van der Waals surface area contributed by atoms with E-state index in [1.165, 1.54) is 32.4 Å². The largest absolute Gasteiger partial charge is 0.338 e. The molecule has 0 spiro atoms. The van der Waals surface area contributed by atoms with E-state index >= 15 is 0 Å². The van der Waals surface area contributed by atoms with Crippen LogP contribution in [-0.4, -0.2) is 56.0 Å². The van der Waals surface area contributed by atoms with E-state index < -0.39 is 22.0 Å². The van der Waals surface area contributed by atoms with Gasteiger partial charge in [-0.3, -0.25) is 10.1 Å². The maximum absolute atomic E-state index is 11.9. The van der Waals surface area contributed by atoms with Crippen LogP contribution in [0.1, 0.15) is 13.3 Å². The van der Waals surface area contributed by atoms with Crippen molar-refractivity contribution in [3.63, 3.8) is 0 Å². The second kappa shape index (κ2) is 8.85. The summed E-state index contributed by atoms with van der Waals surface area (Å²) in [7, 11) is -0.648. The van der Waals surface area contributed by atoms with Crippen LogP contribution in [0.4, 0.5) is 4.79 Å². The lowest BCUT2D eigenvalue weighted by Crippen LogP contribution is -2.40. The van der Waals surface area contributed by atoms with E-state index in [1.807, 2.05) is 6.92 Å². The second-order valence-electron chi connectivity index (χ2n) is 4.71. The van der Waals surface area contributed by atoms with Crippen LogP contribution in [0.5, 0.6) is 0 Å². The van der Waals surface area contributed by atoms with Crippen molar-refractivity contribution in [3.05, 3.63) is 18.3 Å². The molecule has 0 saturated carbocycles. The molecule has 0 aromatic carbocycles. The predicted molar refractivity (Wildman–Crippen MR) is 87.7 cm³/mol. The molecule has 0 aliphatic carbocycles. The third kappa shape index (κ3) is 6.16. The van der Waals surface area contributed by atoms with E-state index in [2.05, 4.69) is 15.6 Å². The summed E-state index contributed by atoms with van der Waals surface area (Å²) in [4.78, 5) is 27.0. The minimum Gasteiger partial charge on any atom is -0.338 e. The van der Waals surface area contributed by atoms with E-state index in [0.717, 1.165) is 22.5 Å². The molecule has 0 unspecified atom stereocenters. The number of carbonyl (C=O) groups excluding carboxylic acids is 2. The molecular formula is C13H20N4O4S2. The number of hydrogen-bond acceptors (Lipinski definition) is 6. The van der Waals surface area contributed by atoms with Gasteiger partial charge in [0.1, 0.15) is 4.90 Å². The van der Waals surface area contributed by atoms with Gasteiger partial charge in [0, 0.05) is 26.8 Å². The van der Waals surface area contributed by atoms with Crippen LogP contribution in [0.25, 0.3) is 0 Å². The SMILES string of the molecule is CCCNC(=O)NC(=O)CSc1ccc(S(=O)(=O)N(C)C)cn1. The average Bonchev–Trinajstić information content (AvgIpc) is 2.51. The molecule has 0 aliphatic rings. The molecule has 0 bridgehead atoms. The van der Waals surface area contributed by atoms with Gasteiger partial charge < -0.3 is 5.32 Å². The van der Waals surface area contributed by atoms with Crippen LogP contribution < -0.4 is 10.6 Å². The zero-order chi connectivity index (χ0) is 17.5. The number of rotatable bonds is 7. The Kier molecular flexibility index (Phi) is 7.46. The van der Waals surface area contributed by atoms with Gasteiger partial charge in [-0.15, -0.1) is 0 Å². The Morgan fingerprint density at radius 2 is 2.00 bits per heavy atom. The van der Waals surface area contributed by atoms with Crippen molar-refractivity contribution in [1.29, 1.82) is 0 Å². The van der Waals surface area contributed by atoms with Gasteiger partial charge in [0.25, 0.3) is 0 Å². The summed E-state index contributed by atoms with van der Waals surface area (Å²) in [6.45, 7) is 2.40. The van der Waals surface area contributed by atoms with Crippen LogP contribution >= 0.6 is 11.8 Å². The summed E-state index contributed by atoms with van der Waals surface area (Å²) < 4.78 is 24.9. The maximum Gasteiger partial charge on any atom is 0.321 e. The van der Waals surface area contributed by atoms with Crippen LogP contribution in [0, 0.1) is 0 Å². The molecule has 0 atom stereocenters. The third-order valence-corrected chi connectivity index (χ3v) is 5.37. The monoisotopic (exact) mass is 360 g/mol. The molecular weight excluding hydrogens is 340 g/mol. The number of pyridine rings is 1. The Bertz CT molecular complexity index is 644. The first-order valence-corrected chi connectivity index (χ1v) is 9.29. The lowest BCUT2D eigenvalue weighted by molar-refractivity contribution is -0.117. The van der Waals surface area contributed by atoms with Crippen LogP contribution in [0.2, 0.25) is 0 Å². The van der Waals surface area contributed by atoms with E-state index in [1.54, 1.807) is 0 Å². The highest BCUT2D eigenvalue weighted by Gasteiger charge is 2.17. The number of sulfonamides is 1. The molecule has 1 aromatic heterocycles. The van der Waals surface area contributed by atoms with E-state index in [4.69, 9.17) is 0 Å². The fraction of sp³-hybridized carbons (Fsp3) is 0.462. The van der Waals surface area contributed by atoms with Gasteiger partial charge in [-0.25, -0.2) is 22.5 Å². The number of nitrogens with one attached hydrogen (secondary N) is 2. The quantitative estimate of drug-likeness (QED) is 0.692. The first-order valence-electron chi connectivity index (χ1n) is 6.86. The molecule has 2 N–H and O–H groups in total. The summed E-state index contributed by atoms with van der Waals surface area (Å²) in [5.74, 6) is -0.442. The number of amides is 3. The summed E-state index contributed by atoms with van der Waals surface area (Å²) >= 11 is 1.11. The van der Waals surface area contributed by atoms with E-state index in [-0.39, 0.29) is 10.6 Å². The molecule has 1 aromatic rings. The van der Waals surface area contributed by atoms with Gasteiger partial charge in [-0.05, 0) is 18.6 Å². The number of imide groups is 1. The summed E-state index contributed by atoms with van der Waals surface area (Å²) in [5.41, 5.74) is 0. The highest BCUT2D eigenvalue weighted by Crippen LogP contribution is 2.18. The highest BCUT2D eigenvalue weighted by molar-refractivity contribution is 7.99. The van der Waals surface area contributed by atoms with Gasteiger partial charge in [-0.1, -0.05) is 18.7 Å². The standard InChI is InChI=1S/C13H20N4O4S2/c1-4-7-14-13(19)16-11(18)9-22-12-6-5-10(8-15-12)23(20,21)17(2)3/h5-6,8H,4,7,9H2,1-3H3,(H2,14,16,18,19). The molecule has 0 aliphatic heterocycles. The van der Waals surface area contributed by atoms with Gasteiger partial charge in [-0.2, -0.15) is 0 Å². The van der Waals surface area contributed by atoms with Crippen molar-refractivity contribution in [3.8, 4) is 0 Å². The van der Waals surface area contributed by atoms with Gasteiger partial charge in [0.2, 0.25) is 15.9 Å². The Hall–Kier alpha value is -1.65. The van der Waals surface area contributed by atoms with Crippen molar-refractivity contribution in [1.82, 2.24) is 19.9 Å². The zero-order valence-corrected chi connectivity index (χ0v) is 14.8. The second-order valence-corrected chi connectivity index (χ2v) is 7.86. The normalized spacial score (nSPS) is 11.3. The van der Waals surface area contributed by atoms with Crippen molar-refractivity contribution in [2.24, 2.45) is 0 Å². The molecule has 0 saturated heterocycles. The van der Waals surface area contributed by atoms with E-state index in [0.29, 0.717) is 11.6 Å². The van der Waals surface area contributed by atoms with Crippen molar-refractivity contribution in [2.75, 3.05) is 26.4 Å². The maximum atomic E-state index is 11.9. The Labute approximate surface area is 140 Å². The molecule has 128 valence electrons. The van der Waals surface area contributed by atoms with Gasteiger partial charge >= 0.3 is 6.03 Å². The molecule has 1 rings (SSSR count). The van der Waals surface area contributed by atoms with Crippen molar-refractivity contribution in [2.45, 2.75) is 23.3 Å². The third-order valence-electron chi connectivity index (χ3n) is 2.63. The minimum absolute atomic E-state index is 0.00627. The number of carbonyl (C=O) groups is 2. The number of hydrogen-bond donors (Lipinski definition) is 2. The fourth-order valence-corrected chi connectivity index (χ4v) is 2.89. The summed E-state index contributed by atoms with van der Waals surface area (Å²) in [6, 6.07) is 2.42. The Morgan fingerprint density at radius 3 is 2.52 bits per heavy atom. The smallest absolute Gasteiger partial charge is 0.321 e. The highest BCUT2D eigenvalue weighted by atomic mass is 32.2. The molecule has 0 radical (unpaired) electrons. The number of nitrogens with zero attached hydrogens (tertiary/aromatic N) is 2. The molecule has 8 nitrogen and oxygen atoms in total. The van der Waals surface area contributed by atoms with Crippen LogP contribution in [0.15, 0.2) is 28.3 Å². The molecule has 1 heterocycles. The van der Waals surface area contributed by atoms with Gasteiger partial charge in [0.05, 0.1) is 10.8 Å². The summed E-state index contributed by atoms with van der Waals surface area (Å²) in [6.07, 6.45) is 2.02. The molecule has 3 amide bonds. The number of aromatic nitrogens is 1. The molecule has 23 heavy (non-hydrogen) atoms. The minimum atomic E-state index is -3.52. The van der Waals surface area contributed by atoms with Crippen LogP contribution in [-0.2, 0) is 14.8 Å². The van der Waals surface area contributed by atoms with Crippen molar-refractivity contribution >= 4 is 33.7 Å². The molecule has 0 fully saturated rings. The number of urea groups is 1. The van der Waals surface area contributed by atoms with Crippen LogP contribution in [0.3, 0.4) is 0 Å². The van der Waals surface area contributed by atoms with Gasteiger partial charge in [0.15, 0.2) is 0 Å². The first-order chi connectivity index (χ1) is 10.8. The lowest BCUT2D eigenvalue weighted by Gasteiger charge is -2.11. The van der Waals surface area contributed by atoms with Crippen molar-refractivity contribution < 1.29 is 18.0 Å². The fourth-order valence-electron chi connectivity index (χ4n) is 1.40. The zero-order valence-electron chi connectivity index (χ0n) is 13.2. The Morgan fingerprint density at radius 1 is 1.30 bits per heavy atom.